The molecule has 0 spiro atoms. The summed E-state index contributed by atoms with van der Waals surface area (Å²) in [7, 11) is 3.12. The van der Waals surface area contributed by atoms with Crippen LogP contribution in [0.3, 0.4) is 0 Å². The number of rotatable bonds is 11. The Morgan fingerprint density at radius 3 is 2.81 bits per heavy atom. The SMILES string of the molecule is CCCCCOC(=O)NC=CCC1CC(OCOC)[C@@H](C)CC=CCc2cccc(OC)c2C(=O)O1. The third-order valence-corrected chi connectivity index (χ3v) is 6.05. The summed E-state index contributed by atoms with van der Waals surface area (Å²) in [5.74, 6) is 0.212. The highest BCUT2D eigenvalue weighted by Crippen LogP contribution is 2.28. The molecule has 2 rings (SSSR count). The zero-order valence-electron chi connectivity index (χ0n) is 22.0. The van der Waals surface area contributed by atoms with Crippen molar-refractivity contribution in [2.45, 2.75) is 71.0 Å². The van der Waals surface area contributed by atoms with Gasteiger partial charge < -0.3 is 23.7 Å². The predicted octanol–water partition coefficient (Wildman–Crippen LogP) is 5.56. The molecule has 3 atom stereocenters. The van der Waals surface area contributed by atoms with Crippen molar-refractivity contribution in [3.05, 3.63) is 53.8 Å². The van der Waals surface area contributed by atoms with Crippen LogP contribution in [0.5, 0.6) is 5.75 Å². The van der Waals surface area contributed by atoms with E-state index in [0.717, 1.165) is 31.2 Å². The molecule has 0 aliphatic carbocycles. The van der Waals surface area contributed by atoms with Crippen LogP contribution in [-0.4, -0.2) is 51.9 Å². The number of methoxy groups -OCH3 is 2. The van der Waals surface area contributed by atoms with E-state index in [0.29, 0.717) is 37.2 Å². The van der Waals surface area contributed by atoms with E-state index in [1.54, 1.807) is 26.4 Å². The fraction of sp³-hybridized carbons (Fsp3) is 0.571. The van der Waals surface area contributed by atoms with Crippen molar-refractivity contribution in [1.82, 2.24) is 5.32 Å². The van der Waals surface area contributed by atoms with E-state index < -0.39 is 18.2 Å². The van der Waals surface area contributed by atoms with Gasteiger partial charge >= 0.3 is 12.1 Å². The number of amides is 1. The first-order valence-electron chi connectivity index (χ1n) is 12.7. The molecule has 1 heterocycles. The molecule has 0 fully saturated rings. The number of hydrogen-bond acceptors (Lipinski definition) is 7. The van der Waals surface area contributed by atoms with Crippen molar-refractivity contribution in [1.29, 1.82) is 0 Å². The van der Waals surface area contributed by atoms with Crippen molar-refractivity contribution in [2.24, 2.45) is 5.92 Å². The normalized spacial score (nSPS) is 20.7. The highest BCUT2D eigenvalue weighted by molar-refractivity contribution is 5.94. The first kappa shape index (κ1) is 29.4. The number of unbranched alkanes of at least 4 members (excludes halogenated alkanes) is 2. The van der Waals surface area contributed by atoms with Gasteiger partial charge in [0.1, 0.15) is 24.2 Å². The molecule has 8 nitrogen and oxygen atoms in total. The van der Waals surface area contributed by atoms with E-state index in [4.69, 9.17) is 23.7 Å². The minimum absolute atomic E-state index is 0.150. The van der Waals surface area contributed by atoms with Crippen LogP contribution in [0.15, 0.2) is 42.6 Å². The van der Waals surface area contributed by atoms with Crippen LogP contribution in [0, 0.1) is 5.92 Å². The maximum Gasteiger partial charge on any atom is 0.411 e. The molecule has 0 bridgehead atoms. The van der Waals surface area contributed by atoms with Gasteiger partial charge in [0, 0.05) is 26.2 Å². The Kier molecular flexibility index (Phi) is 13.7. The zero-order valence-corrected chi connectivity index (χ0v) is 22.0. The molecule has 36 heavy (non-hydrogen) atoms. The summed E-state index contributed by atoms with van der Waals surface area (Å²) < 4.78 is 27.7. The van der Waals surface area contributed by atoms with Crippen LogP contribution in [0.25, 0.3) is 0 Å². The Bertz CT molecular complexity index is 867. The zero-order chi connectivity index (χ0) is 26.2. The van der Waals surface area contributed by atoms with Crippen LogP contribution in [0.2, 0.25) is 0 Å². The van der Waals surface area contributed by atoms with Crippen LogP contribution < -0.4 is 10.1 Å². The van der Waals surface area contributed by atoms with E-state index >= 15 is 0 Å². The van der Waals surface area contributed by atoms with Gasteiger partial charge in [0.15, 0.2) is 0 Å². The minimum atomic E-state index is -0.501. The number of allylic oxidation sites excluding steroid dienone is 2. The third kappa shape index (κ3) is 10.0. The Labute approximate surface area is 215 Å². The van der Waals surface area contributed by atoms with Crippen molar-refractivity contribution in [3.63, 3.8) is 0 Å². The molecule has 0 aromatic heterocycles. The first-order valence-corrected chi connectivity index (χ1v) is 12.7. The van der Waals surface area contributed by atoms with Crippen LogP contribution in [-0.2, 0) is 25.4 Å². The summed E-state index contributed by atoms with van der Waals surface area (Å²) >= 11 is 0. The van der Waals surface area contributed by atoms with E-state index in [-0.39, 0.29) is 18.8 Å². The lowest BCUT2D eigenvalue weighted by Crippen LogP contribution is -2.31. The van der Waals surface area contributed by atoms with Gasteiger partial charge in [-0.2, -0.15) is 0 Å². The Morgan fingerprint density at radius 1 is 1.22 bits per heavy atom. The highest BCUT2D eigenvalue weighted by Gasteiger charge is 2.27. The second kappa shape index (κ2) is 16.8. The second-order valence-corrected chi connectivity index (χ2v) is 8.88. The van der Waals surface area contributed by atoms with E-state index in [2.05, 4.69) is 31.3 Å². The van der Waals surface area contributed by atoms with Crippen LogP contribution in [0.1, 0.15) is 68.3 Å². The smallest absolute Gasteiger partial charge is 0.411 e. The van der Waals surface area contributed by atoms with Crippen molar-refractivity contribution >= 4 is 12.1 Å². The van der Waals surface area contributed by atoms with E-state index in [9.17, 15) is 9.59 Å². The van der Waals surface area contributed by atoms with Gasteiger partial charge in [-0.15, -0.1) is 0 Å². The molecule has 0 radical (unpaired) electrons. The van der Waals surface area contributed by atoms with Crippen molar-refractivity contribution in [3.8, 4) is 5.75 Å². The van der Waals surface area contributed by atoms with Gasteiger partial charge in [0.05, 0.1) is 19.8 Å². The first-order chi connectivity index (χ1) is 17.5. The molecule has 2 unspecified atom stereocenters. The summed E-state index contributed by atoms with van der Waals surface area (Å²) in [4.78, 5) is 25.2. The van der Waals surface area contributed by atoms with E-state index in [1.807, 2.05) is 12.1 Å². The molecule has 1 amide bonds. The number of cyclic esters (lactones) is 1. The largest absolute Gasteiger partial charge is 0.496 e. The number of nitrogens with one attached hydrogen (secondary N) is 1. The summed E-state index contributed by atoms with van der Waals surface area (Å²) in [6, 6.07) is 5.54. The number of ether oxygens (including phenoxy) is 5. The van der Waals surface area contributed by atoms with Crippen LogP contribution in [0.4, 0.5) is 4.79 Å². The molecule has 1 aromatic carbocycles. The maximum absolute atomic E-state index is 13.3. The lowest BCUT2D eigenvalue weighted by molar-refractivity contribution is -0.102. The van der Waals surface area contributed by atoms with Gasteiger partial charge in [-0.25, -0.2) is 9.59 Å². The number of alkyl carbamates (subject to hydrolysis) is 1. The van der Waals surface area contributed by atoms with Gasteiger partial charge in [-0.05, 0) is 36.8 Å². The van der Waals surface area contributed by atoms with Crippen LogP contribution >= 0.6 is 0 Å². The third-order valence-electron chi connectivity index (χ3n) is 6.05. The number of carbonyl (C=O) groups is 2. The fourth-order valence-corrected chi connectivity index (χ4v) is 4.01. The number of fused-ring (bicyclic) bond motifs is 1. The monoisotopic (exact) mass is 503 g/mol. The molecule has 0 saturated carbocycles. The lowest BCUT2D eigenvalue weighted by Gasteiger charge is -2.28. The molecule has 1 aromatic rings. The molecule has 0 saturated heterocycles. The quantitative estimate of drug-likeness (QED) is 0.183. The molecule has 8 heteroatoms. The van der Waals surface area contributed by atoms with Crippen molar-refractivity contribution in [2.75, 3.05) is 27.6 Å². The molecule has 200 valence electrons. The number of benzene rings is 1. The lowest BCUT2D eigenvalue weighted by atomic mass is 9.93. The standard InChI is InChI=1S/C28H41NO7/c1-5-6-9-18-34-28(31)29-17-11-15-23-19-25(35-20-32-3)21(2)12-7-8-13-22-14-10-16-24(33-4)26(22)27(30)36-23/h7-8,10-11,14,16-17,21,23,25H,5-6,9,12-13,15,18-20H2,1-4H3,(H,29,31)/t21-,23?,25?/m0/s1. The Morgan fingerprint density at radius 2 is 2.06 bits per heavy atom. The van der Waals surface area contributed by atoms with Gasteiger partial charge in [-0.3, -0.25) is 5.32 Å². The number of esters is 1. The molecule has 1 aliphatic heterocycles. The number of hydrogen-bond donors (Lipinski definition) is 1. The van der Waals surface area contributed by atoms with Gasteiger partial charge in [0.2, 0.25) is 0 Å². The fourth-order valence-electron chi connectivity index (χ4n) is 4.01. The summed E-state index contributed by atoms with van der Waals surface area (Å²) in [6.45, 7) is 4.74. The predicted molar refractivity (Wildman–Crippen MR) is 138 cm³/mol. The Balaban J connectivity index is 2.17. The highest BCUT2D eigenvalue weighted by atomic mass is 16.7. The summed E-state index contributed by atoms with van der Waals surface area (Å²) in [6.07, 6.45) is 11.5. The molecular weight excluding hydrogens is 462 g/mol. The average molecular weight is 504 g/mol. The molecular formula is C28H41NO7. The van der Waals surface area contributed by atoms with E-state index in [1.165, 1.54) is 6.20 Å². The molecule has 1 aliphatic rings. The van der Waals surface area contributed by atoms with Gasteiger partial charge in [0.25, 0.3) is 0 Å². The minimum Gasteiger partial charge on any atom is -0.496 e. The molecule has 1 N–H and O–H groups in total. The Hall–Kier alpha value is -2.84. The maximum atomic E-state index is 13.3. The average Bonchev–Trinajstić information content (AvgIpc) is 2.88. The topological polar surface area (TPSA) is 92.3 Å². The van der Waals surface area contributed by atoms with Crippen molar-refractivity contribution < 1.29 is 33.3 Å². The van der Waals surface area contributed by atoms with Gasteiger partial charge in [-0.1, -0.05) is 57.0 Å². The summed E-state index contributed by atoms with van der Waals surface area (Å²) in [5.41, 5.74) is 1.27. The summed E-state index contributed by atoms with van der Waals surface area (Å²) in [5, 5.41) is 2.60. The number of carbonyl (C=O) groups excluding carboxylic acids is 2. The second-order valence-electron chi connectivity index (χ2n) is 8.88.